The fourth-order valence-electron chi connectivity index (χ4n) is 2.06. The van der Waals surface area contributed by atoms with Gasteiger partial charge in [0.15, 0.2) is 5.78 Å². The van der Waals surface area contributed by atoms with Crippen LogP contribution in [0.1, 0.15) is 17.3 Å². The van der Waals surface area contributed by atoms with Crippen LogP contribution in [0, 0.1) is 0 Å². The van der Waals surface area contributed by atoms with Crippen molar-refractivity contribution >= 4 is 27.5 Å². The van der Waals surface area contributed by atoms with E-state index in [0.717, 1.165) is 6.92 Å². The van der Waals surface area contributed by atoms with Gasteiger partial charge in [0, 0.05) is 6.92 Å². The number of benzene rings is 1. The lowest BCUT2D eigenvalue weighted by atomic mass is 9.97. The first kappa shape index (κ1) is 22.8. The summed E-state index contributed by atoms with van der Waals surface area (Å²) in [6.45, 7) is 0.184. The zero-order valence-electron chi connectivity index (χ0n) is 14.1. The Morgan fingerprint density at radius 1 is 1.15 bits per heavy atom. The van der Waals surface area contributed by atoms with Gasteiger partial charge in [-0.1, -0.05) is 12.1 Å². The van der Waals surface area contributed by atoms with Crippen molar-refractivity contribution in [3.8, 4) is 0 Å². The fraction of sp³-hybridized carbons (Fsp3) is 0.400. The standard InChI is InChI=1S/C8H15NO6.C7H5NO3S/c1-3(11)6(13)5(9)8(15)7(14)4(12)2-10;9-7-5-3-1-2-4-6(5)12(10,11)8-7/h4-5,7-8,10,12,14-15H,2,9H2,1H3;1-4H,(H,8,9)/t4-,5+,7-,8-;/m1./s1. The lowest BCUT2D eigenvalue weighted by Crippen LogP contribution is -2.54. The summed E-state index contributed by atoms with van der Waals surface area (Å²) in [7, 11) is -3.55. The van der Waals surface area contributed by atoms with Gasteiger partial charge in [0.25, 0.3) is 15.9 Å². The van der Waals surface area contributed by atoms with Crippen molar-refractivity contribution in [2.45, 2.75) is 36.2 Å². The number of nitrogens with one attached hydrogen (secondary N) is 1. The number of carbonyl (C=O) groups is 3. The minimum absolute atomic E-state index is 0.0648. The summed E-state index contributed by atoms with van der Waals surface area (Å²) >= 11 is 0. The number of aliphatic hydroxyl groups excluding tert-OH is 4. The lowest BCUT2D eigenvalue weighted by Gasteiger charge is -2.24. The van der Waals surface area contributed by atoms with Crippen LogP contribution in [0.4, 0.5) is 0 Å². The minimum Gasteiger partial charge on any atom is -0.394 e. The van der Waals surface area contributed by atoms with Gasteiger partial charge >= 0.3 is 0 Å². The van der Waals surface area contributed by atoms with E-state index in [0.29, 0.717) is 0 Å². The highest BCUT2D eigenvalue weighted by atomic mass is 32.2. The lowest BCUT2D eigenvalue weighted by molar-refractivity contribution is -0.141. The molecule has 0 bridgehead atoms. The first-order valence-corrected chi connectivity index (χ1v) is 9.04. The molecule has 27 heavy (non-hydrogen) atoms. The molecule has 1 heterocycles. The van der Waals surface area contributed by atoms with Crippen molar-refractivity contribution in [3.63, 3.8) is 0 Å². The maximum absolute atomic E-state index is 11.1. The molecular formula is C15H20N2O9S. The van der Waals surface area contributed by atoms with Crippen molar-refractivity contribution in [2.24, 2.45) is 5.73 Å². The Morgan fingerprint density at radius 3 is 2.19 bits per heavy atom. The predicted octanol–water partition coefficient (Wildman–Crippen LogP) is -3.33. The zero-order chi connectivity index (χ0) is 20.9. The largest absolute Gasteiger partial charge is 0.394 e. The maximum atomic E-state index is 11.1. The van der Waals surface area contributed by atoms with Crippen molar-refractivity contribution in [3.05, 3.63) is 29.8 Å². The van der Waals surface area contributed by atoms with E-state index in [1.54, 1.807) is 12.1 Å². The van der Waals surface area contributed by atoms with Crippen LogP contribution < -0.4 is 10.5 Å². The highest BCUT2D eigenvalue weighted by molar-refractivity contribution is 7.90. The van der Waals surface area contributed by atoms with Crippen LogP contribution in [-0.4, -0.2) is 77.3 Å². The van der Waals surface area contributed by atoms with E-state index < -0.39 is 58.5 Å². The number of carbonyl (C=O) groups excluding carboxylic acids is 3. The molecule has 0 spiro atoms. The molecule has 12 heteroatoms. The van der Waals surface area contributed by atoms with Crippen LogP contribution in [0.15, 0.2) is 29.2 Å². The van der Waals surface area contributed by atoms with Gasteiger partial charge in [-0.2, -0.15) is 0 Å². The molecule has 0 aliphatic carbocycles. The first-order valence-electron chi connectivity index (χ1n) is 7.55. The summed E-state index contributed by atoms with van der Waals surface area (Å²) < 4.78 is 24.2. The van der Waals surface area contributed by atoms with Gasteiger partial charge in [0.05, 0.1) is 12.2 Å². The van der Waals surface area contributed by atoms with Gasteiger partial charge < -0.3 is 26.2 Å². The molecule has 7 N–H and O–H groups in total. The molecule has 0 radical (unpaired) electrons. The number of Topliss-reactive ketones (excluding diaryl/α,β-unsaturated/α-hetero) is 2. The SMILES string of the molecule is CC(=O)C(=O)[C@H](N)[C@@H](O)[C@H](O)[C@H](O)CO.O=C1NS(=O)(=O)c2ccccc21. The molecule has 0 saturated heterocycles. The number of ketones is 2. The number of sulfonamides is 1. The van der Waals surface area contributed by atoms with E-state index in [-0.39, 0.29) is 10.5 Å². The van der Waals surface area contributed by atoms with Crippen LogP contribution in [0.25, 0.3) is 0 Å². The van der Waals surface area contributed by atoms with E-state index in [9.17, 15) is 33.0 Å². The predicted molar refractivity (Wildman–Crippen MR) is 89.9 cm³/mol. The van der Waals surface area contributed by atoms with Crippen molar-refractivity contribution in [1.82, 2.24) is 4.72 Å². The molecule has 1 aliphatic heterocycles. The highest BCUT2D eigenvalue weighted by Crippen LogP contribution is 2.20. The molecule has 0 fully saturated rings. The van der Waals surface area contributed by atoms with E-state index in [1.165, 1.54) is 12.1 Å². The molecule has 1 amide bonds. The van der Waals surface area contributed by atoms with Crippen LogP contribution >= 0.6 is 0 Å². The second-order valence-corrected chi connectivity index (χ2v) is 7.26. The first-order chi connectivity index (χ1) is 12.4. The number of amides is 1. The molecule has 11 nitrogen and oxygen atoms in total. The minimum atomic E-state index is -3.55. The molecule has 0 aromatic heterocycles. The van der Waals surface area contributed by atoms with Gasteiger partial charge in [-0.05, 0) is 12.1 Å². The average molecular weight is 404 g/mol. The molecule has 2 rings (SSSR count). The molecule has 1 aromatic rings. The summed E-state index contributed by atoms with van der Waals surface area (Å²) in [5, 5.41) is 35.9. The van der Waals surface area contributed by atoms with Gasteiger partial charge in [0.1, 0.15) is 29.2 Å². The molecular weight excluding hydrogens is 384 g/mol. The summed E-state index contributed by atoms with van der Waals surface area (Å²) in [6, 6.07) is 4.48. The smallest absolute Gasteiger partial charge is 0.266 e. The molecule has 0 unspecified atom stereocenters. The second kappa shape index (κ2) is 9.12. The Hall–Kier alpha value is -2.22. The highest BCUT2D eigenvalue weighted by Gasteiger charge is 2.34. The van der Waals surface area contributed by atoms with E-state index >= 15 is 0 Å². The summed E-state index contributed by atoms with van der Waals surface area (Å²) in [6.07, 6.45) is -5.21. The number of nitrogens with two attached hydrogens (primary N) is 1. The fourth-order valence-corrected chi connectivity index (χ4v) is 3.23. The third-order valence-corrected chi connectivity index (χ3v) is 4.99. The summed E-state index contributed by atoms with van der Waals surface area (Å²) in [4.78, 5) is 32.7. The molecule has 4 atom stereocenters. The van der Waals surface area contributed by atoms with Gasteiger partial charge in [-0.3, -0.25) is 14.4 Å². The topological polar surface area (TPSA) is 204 Å². The van der Waals surface area contributed by atoms with Crippen molar-refractivity contribution < 1.29 is 43.2 Å². The van der Waals surface area contributed by atoms with Gasteiger partial charge in [-0.15, -0.1) is 0 Å². The number of hydrogen-bond acceptors (Lipinski definition) is 10. The Labute approximate surface area is 154 Å². The third-order valence-electron chi connectivity index (χ3n) is 3.60. The van der Waals surface area contributed by atoms with Crippen molar-refractivity contribution in [2.75, 3.05) is 6.61 Å². The molecule has 1 aliphatic rings. The third kappa shape index (κ3) is 5.38. The summed E-state index contributed by atoms with van der Waals surface area (Å²) in [5.41, 5.74) is 5.40. The maximum Gasteiger partial charge on any atom is 0.266 e. The number of fused-ring (bicyclic) bond motifs is 1. The van der Waals surface area contributed by atoms with Crippen LogP contribution in [-0.2, 0) is 19.6 Å². The van der Waals surface area contributed by atoms with Crippen LogP contribution in [0.2, 0.25) is 0 Å². The van der Waals surface area contributed by atoms with E-state index in [2.05, 4.69) is 0 Å². The van der Waals surface area contributed by atoms with Crippen LogP contribution in [0.5, 0.6) is 0 Å². The van der Waals surface area contributed by atoms with E-state index in [4.69, 9.17) is 15.9 Å². The summed E-state index contributed by atoms with van der Waals surface area (Å²) in [5.74, 6) is -2.45. The Bertz CT molecular complexity index is 824. The zero-order valence-corrected chi connectivity index (χ0v) is 15.0. The average Bonchev–Trinajstić information content (AvgIpc) is 2.88. The Morgan fingerprint density at radius 2 is 1.70 bits per heavy atom. The number of aliphatic hydroxyl groups is 4. The molecule has 150 valence electrons. The number of rotatable bonds is 6. The second-order valence-electron chi connectivity index (χ2n) is 5.61. The molecule has 0 saturated carbocycles. The van der Waals surface area contributed by atoms with Crippen LogP contribution in [0.3, 0.4) is 0 Å². The van der Waals surface area contributed by atoms with Gasteiger partial charge in [0.2, 0.25) is 5.78 Å². The quantitative estimate of drug-likeness (QED) is 0.260. The van der Waals surface area contributed by atoms with Gasteiger partial charge in [-0.25, -0.2) is 13.1 Å². The molecule has 1 aromatic carbocycles. The monoisotopic (exact) mass is 404 g/mol. The number of hydrogen-bond donors (Lipinski definition) is 6. The Kier molecular flexibility index (Phi) is 7.71. The van der Waals surface area contributed by atoms with E-state index in [1.807, 2.05) is 4.72 Å². The van der Waals surface area contributed by atoms with Crippen molar-refractivity contribution in [1.29, 1.82) is 0 Å². The normalized spacial score (nSPS) is 18.8. The Balaban J connectivity index is 0.000000274.